The van der Waals surface area contributed by atoms with Crippen LogP contribution in [0.15, 0.2) is 48.5 Å². The Morgan fingerprint density at radius 3 is 2.61 bits per heavy atom. The van der Waals surface area contributed by atoms with Gasteiger partial charge in [0.25, 0.3) is 0 Å². The first-order valence-corrected chi connectivity index (χ1v) is 7.91. The molecule has 1 N–H and O–H groups in total. The summed E-state index contributed by atoms with van der Waals surface area (Å²) in [4.78, 5) is 14.8. The van der Waals surface area contributed by atoms with Crippen molar-refractivity contribution < 1.29 is 9.53 Å². The summed E-state index contributed by atoms with van der Waals surface area (Å²) < 4.78 is 5.15. The van der Waals surface area contributed by atoms with Gasteiger partial charge in [0.2, 0.25) is 5.91 Å². The van der Waals surface area contributed by atoms with Crippen molar-refractivity contribution in [2.24, 2.45) is 0 Å². The van der Waals surface area contributed by atoms with Crippen molar-refractivity contribution in [3.05, 3.63) is 54.1 Å². The van der Waals surface area contributed by atoms with Crippen LogP contribution in [-0.4, -0.2) is 25.1 Å². The number of carbonyl (C=O) groups excluding carboxylic acids is 1. The predicted octanol–water partition coefficient (Wildman–Crippen LogP) is 3.47. The number of methoxy groups -OCH3 is 1. The number of rotatable bonds is 4. The fourth-order valence-electron chi connectivity index (χ4n) is 3.11. The zero-order valence-corrected chi connectivity index (χ0v) is 13.7. The lowest BCUT2D eigenvalue weighted by Gasteiger charge is -2.27. The smallest absolute Gasteiger partial charge is 0.249 e. The number of hydrogen-bond donors (Lipinski definition) is 1. The molecule has 0 bridgehead atoms. The first-order chi connectivity index (χ1) is 11.1. The molecule has 1 aliphatic rings. The second-order valence-corrected chi connectivity index (χ2v) is 5.98. The molecule has 0 fully saturated rings. The van der Waals surface area contributed by atoms with E-state index in [9.17, 15) is 4.79 Å². The Hall–Kier alpha value is -2.49. The molecular weight excluding hydrogens is 288 g/mol. The molecule has 0 radical (unpaired) electrons. The summed E-state index contributed by atoms with van der Waals surface area (Å²) in [7, 11) is 1.64. The Morgan fingerprint density at radius 2 is 1.91 bits per heavy atom. The second kappa shape index (κ2) is 6.32. The molecule has 0 unspecified atom stereocenters. The minimum Gasteiger partial charge on any atom is -0.497 e. The SMILES string of the molecule is COc1ccc(N[C@H](C)C(=O)N2c3ccccc3C[C@H]2C)cc1. The van der Waals surface area contributed by atoms with Crippen LogP contribution in [0.2, 0.25) is 0 Å². The highest BCUT2D eigenvalue weighted by Gasteiger charge is 2.32. The molecule has 1 heterocycles. The quantitative estimate of drug-likeness (QED) is 0.940. The van der Waals surface area contributed by atoms with E-state index in [-0.39, 0.29) is 18.0 Å². The molecule has 0 saturated carbocycles. The number of fused-ring (bicyclic) bond motifs is 1. The molecule has 0 spiro atoms. The van der Waals surface area contributed by atoms with Crippen LogP contribution < -0.4 is 15.0 Å². The van der Waals surface area contributed by atoms with Crippen LogP contribution in [0.1, 0.15) is 19.4 Å². The maximum absolute atomic E-state index is 12.9. The van der Waals surface area contributed by atoms with E-state index in [2.05, 4.69) is 18.3 Å². The summed E-state index contributed by atoms with van der Waals surface area (Å²) in [5, 5.41) is 3.27. The lowest BCUT2D eigenvalue weighted by molar-refractivity contribution is -0.119. The van der Waals surface area contributed by atoms with Gasteiger partial charge >= 0.3 is 0 Å². The average Bonchev–Trinajstić information content (AvgIpc) is 2.90. The van der Waals surface area contributed by atoms with E-state index in [1.165, 1.54) is 5.56 Å². The van der Waals surface area contributed by atoms with Crippen LogP contribution in [0.4, 0.5) is 11.4 Å². The highest BCUT2D eigenvalue weighted by Crippen LogP contribution is 2.32. The third-order valence-electron chi connectivity index (χ3n) is 4.29. The standard InChI is InChI=1S/C19H22N2O2/c1-13-12-15-6-4-5-7-18(15)21(13)19(22)14(2)20-16-8-10-17(23-3)11-9-16/h4-11,13-14,20H,12H2,1-3H3/t13-,14-/m1/s1. The largest absolute Gasteiger partial charge is 0.497 e. The molecule has 2 atom stereocenters. The van der Waals surface area contributed by atoms with Gasteiger partial charge in [-0.2, -0.15) is 0 Å². The van der Waals surface area contributed by atoms with Crippen LogP contribution in [0.5, 0.6) is 5.75 Å². The topological polar surface area (TPSA) is 41.6 Å². The van der Waals surface area contributed by atoms with Gasteiger partial charge in [0.05, 0.1) is 7.11 Å². The third kappa shape index (κ3) is 3.02. The summed E-state index contributed by atoms with van der Waals surface area (Å²) >= 11 is 0. The number of benzene rings is 2. The number of nitrogens with one attached hydrogen (secondary N) is 1. The molecule has 0 saturated heterocycles. The normalized spacial score (nSPS) is 17.5. The Labute approximate surface area is 137 Å². The predicted molar refractivity (Wildman–Crippen MR) is 93.2 cm³/mol. The molecule has 2 aromatic rings. The van der Waals surface area contributed by atoms with Crippen LogP contribution in [0, 0.1) is 0 Å². The van der Waals surface area contributed by atoms with Crippen molar-refractivity contribution in [2.75, 3.05) is 17.3 Å². The van der Waals surface area contributed by atoms with Gasteiger partial charge in [-0.25, -0.2) is 0 Å². The molecular formula is C19H22N2O2. The summed E-state index contributed by atoms with van der Waals surface area (Å²) in [6.07, 6.45) is 0.914. The van der Waals surface area contributed by atoms with E-state index >= 15 is 0 Å². The van der Waals surface area contributed by atoms with Gasteiger partial charge in [0, 0.05) is 17.4 Å². The van der Waals surface area contributed by atoms with Gasteiger partial charge < -0.3 is 15.0 Å². The molecule has 0 aliphatic carbocycles. The number of anilines is 2. The van der Waals surface area contributed by atoms with Gasteiger partial charge in [-0.1, -0.05) is 18.2 Å². The van der Waals surface area contributed by atoms with Crippen LogP contribution in [0.25, 0.3) is 0 Å². The Bertz CT molecular complexity index is 697. The first-order valence-electron chi connectivity index (χ1n) is 7.91. The van der Waals surface area contributed by atoms with Crippen molar-refractivity contribution in [2.45, 2.75) is 32.4 Å². The fraction of sp³-hybridized carbons (Fsp3) is 0.316. The minimum atomic E-state index is -0.294. The van der Waals surface area contributed by atoms with Gasteiger partial charge in [0.1, 0.15) is 11.8 Å². The highest BCUT2D eigenvalue weighted by molar-refractivity contribution is 6.00. The molecule has 2 aromatic carbocycles. The second-order valence-electron chi connectivity index (χ2n) is 5.98. The highest BCUT2D eigenvalue weighted by atomic mass is 16.5. The Morgan fingerprint density at radius 1 is 1.22 bits per heavy atom. The monoisotopic (exact) mass is 310 g/mol. The fourth-order valence-corrected chi connectivity index (χ4v) is 3.11. The van der Waals surface area contributed by atoms with Crippen molar-refractivity contribution in [1.82, 2.24) is 0 Å². The summed E-state index contributed by atoms with van der Waals surface area (Å²) in [5.74, 6) is 0.898. The third-order valence-corrected chi connectivity index (χ3v) is 4.29. The minimum absolute atomic E-state index is 0.0956. The maximum atomic E-state index is 12.9. The molecule has 120 valence electrons. The van der Waals surface area contributed by atoms with E-state index in [0.717, 1.165) is 23.5 Å². The van der Waals surface area contributed by atoms with Crippen LogP contribution >= 0.6 is 0 Å². The molecule has 0 aromatic heterocycles. The number of amides is 1. The maximum Gasteiger partial charge on any atom is 0.249 e. The number of hydrogen-bond acceptors (Lipinski definition) is 3. The van der Waals surface area contributed by atoms with Crippen molar-refractivity contribution >= 4 is 17.3 Å². The summed E-state index contributed by atoms with van der Waals surface area (Å²) in [6, 6.07) is 15.6. The molecule has 3 rings (SSSR count). The molecule has 1 amide bonds. The van der Waals surface area contributed by atoms with Crippen molar-refractivity contribution in [1.29, 1.82) is 0 Å². The van der Waals surface area contributed by atoms with E-state index < -0.39 is 0 Å². The van der Waals surface area contributed by atoms with E-state index in [0.29, 0.717) is 0 Å². The lowest BCUT2D eigenvalue weighted by Crippen LogP contribution is -2.44. The number of nitrogens with zero attached hydrogens (tertiary/aromatic N) is 1. The number of ether oxygens (including phenoxy) is 1. The van der Waals surface area contributed by atoms with E-state index in [1.54, 1.807) is 7.11 Å². The molecule has 1 aliphatic heterocycles. The van der Waals surface area contributed by atoms with Gasteiger partial charge in [-0.05, 0) is 56.2 Å². The van der Waals surface area contributed by atoms with Gasteiger partial charge in [0.15, 0.2) is 0 Å². The lowest BCUT2D eigenvalue weighted by atomic mass is 10.1. The average molecular weight is 310 g/mol. The van der Waals surface area contributed by atoms with E-state index in [4.69, 9.17) is 4.74 Å². The van der Waals surface area contributed by atoms with Crippen LogP contribution in [0.3, 0.4) is 0 Å². The zero-order valence-electron chi connectivity index (χ0n) is 13.7. The van der Waals surface area contributed by atoms with Crippen LogP contribution in [-0.2, 0) is 11.2 Å². The molecule has 4 nitrogen and oxygen atoms in total. The Kier molecular flexibility index (Phi) is 4.24. The Balaban J connectivity index is 1.74. The number of carbonyl (C=O) groups is 1. The molecule has 4 heteroatoms. The summed E-state index contributed by atoms with van der Waals surface area (Å²) in [5.41, 5.74) is 3.19. The molecule has 23 heavy (non-hydrogen) atoms. The zero-order chi connectivity index (χ0) is 16.4. The van der Waals surface area contributed by atoms with Crippen molar-refractivity contribution in [3.8, 4) is 5.75 Å². The van der Waals surface area contributed by atoms with E-state index in [1.807, 2.05) is 54.3 Å². The first kappa shape index (κ1) is 15.4. The van der Waals surface area contributed by atoms with Crippen molar-refractivity contribution in [3.63, 3.8) is 0 Å². The van der Waals surface area contributed by atoms with Gasteiger partial charge in [-0.3, -0.25) is 4.79 Å². The van der Waals surface area contributed by atoms with Gasteiger partial charge in [-0.15, -0.1) is 0 Å². The number of para-hydroxylation sites is 1. The summed E-state index contributed by atoms with van der Waals surface area (Å²) in [6.45, 7) is 4.00.